The van der Waals surface area contributed by atoms with Gasteiger partial charge in [0.15, 0.2) is 0 Å². The molecule has 0 aliphatic heterocycles. The van der Waals surface area contributed by atoms with Gasteiger partial charge in [0.2, 0.25) is 0 Å². The number of hydrogen-bond donors (Lipinski definition) is 0. The van der Waals surface area contributed by atoms with E-state index in [-0.39, 0.29) is 0 Å². The number of fused-ring (bicyclic) bond motifs is 8. The number of furan rings is 2. The van der Waals surface area contributed by atoms with Crippen molar-refractivity contribution in [3.05, 3.63) is 176 Å². The zero-order valence-corrected chi connectivity index (χ0v) is 26.5. The van der Waals surface area contributed by atoms with Crippen LogP contribution in [-0.2, 0) is 0 Å². The van der Waals surface area contributed by atoms with Gasteiger partial charge in [0.25, 0.3) is 0 Å². The summed E-state index contributed by atoms with van der Waals surface area (Å²) in [6, 6.07) is 61.9. The van der Waals surface area contributed by atoms with E-state index in [1.807, 2.05) is 12.1 Å². The fourth-order valence-electron chi connectivity index (χ4n) is 7.45. The van der Waals surface area contributed by atoms with Crippen molar-refractivity contribution in [1.82, 2.24) is 0 Å². The van der Waals surface area contributed by atoms with E-state index in [0.29, 0.717) is 0 Å². The van der Waals surface area contributed by atoms with Crippen molar-refractivity contribution in [1.29, 1.82) is 0 Å². The van der Waals surface area contributed by atoms with Gasteiger partial charge in [0.1, 0.15) is 22.3 Å². The van der Waals surface area contributed by atoms with Gasteiger partial charge in [-0.3, -0.25) is 0 Å². The number of rotatable bonds is 5. The summed E-state index contributed by atoms with van der Waals surface area (Å²) in [4.78, 5) is 2.39. The van der Waals surface area contributed by atoms with Crippen molar-refractivity contribution in [3.63, 3.8) is 0 Å². The lowest BCUT2D eigenvalue weighted by Gasteiger charge is -2.29. The van der Waals surface area contributed by atoms with E-state index < -0.39 is 0 Å². The van der Waals surface area contributed by atoms with Crippen molar-refractivity contribution in [2.75, 3.05) is 4.90 Å². The van der Waals surface area contributed by atoms with Crippen LogP contribution in [0.4, 0.5) is 17.1 Å². The summed E-state index contributed by atoms with van der Waals surface area (Å²) in [5, 5.41) is 6.69. The lowest BCUT2D eigenvalue weighted by molar-refractivity contribution is 0.670. The second-order valence-corrected chi connectivity index (χ2v) is 12.5. The molecule has 3 heteroatoms. The molecular formula is C46H29NO2. The lowest BCUT2D eigenvalue weighted by Crippen LogP contribution is -2.11. The fraction of sp³-hybridized carbons (Fsp3) is 0. The molecule has 10 aromatic rings. The third-order valence-corrected chi connectivity index (χ3v) is 9.66. The second-order valence-electron chi connectivity index (χ2n) is 12.5. The summed E-state index contributed by atoms with van der Waals surface area (Å²) in [5.74, 6) is 0. The van der Waals surface area contributed by atoms with Crippen molar-refractivity contribution < 1.29 is 8.83 Å². The average molecular weight is 628 g/mol. The molecule has 0 unspecified atom stereocenters. The van der Waals surface area contributed by atoms with E-state index in [4.69, 9.17) is 8.83 Å². The number of nitrogens with zero attached hydrogens (tertiary/aromatic N) is 1. The first-order chi connectivity index (χ1) is 24.3. The summed E-state index contributed by atoms with van der Waals surface area (Å²) >= 11 is 0. The van der Waals surface area contributed by atoms with Crippen molar-refractivity contribution >= 4 is 71.7 Å². The van der Waals surface area contributed by atoms with E-state index in [1.165, 1.54) is 0 Å². The van der Waals surface area contributed by atoms with Crippen LogP contribution >= 0.6 is 0 Å². The topological polar surface area (TPSA) is 29.5 Å². The van der Waals surface area contributed by atoms with Crippen LogP contribution < -0.4 is 4.90 Å². The van der Waals surface area contributed by atoms with E-state index in [9.17, 15) is 0 Å². The molecule has 0 aliphatic carbocycles. The minimum absolute atomic E-state index is 0.856. The molecule has 3 nitrogen and oxygen atoms in total. The molecule has 0 aliphatic rings. The zero-order valence-electron chi connectivity index (χ0n) is 26.5. The second kappa shape index (κ2) is 11.0. The van der Waals surface area contributed by atoms with Gasteiger partial charge in [-0.1, -0.05) is 133 Å². The van der Waals surface area contributed by atoms with Crippen LogP contribution in [0.15, 0.2) is 185 Å². The van der Waals surface area contributed by atoms with Crippen LogP contribution in [0.1, 0.15) is 0 Å². The Labute approximate surface area is 282 Å². The Balaban J connectivity index is 1.25. The molecule has 2 heterocycles. The maximum Gasteiger partial charge on any atom is 0.143 e. The molecule has 0 fully saturated rings. The molecule has 8 aromatic carbocycles. The van der Waals surface area contributed by atoms with Crippen LogP contribution in [0.25, 0.3) is 76.9 Å². The Bertz CT molecular complexity index is 2840. The number of benzene rings is 8. The van der Waals surface area contributed by atoms with Crippen molar-refractivity contribution in [3.8, 4) is 22.3 Å². The first-order valence-corrected chi connectivity index (χ1v) is 16.6. The summed E-state index contributed by atoms with van der Waals surface area (Å²) in [7, 11) is 0. The Morgan fingerprint density at radius 1 is 0.367 bits per heavy atom. The highest BCUT2D eigenvalue weighted by Crippen LogP contribution is 2.47. The smallest absolute Gasteiger partial charge is 0.143 e. The molecule has 0 bridgehead atoms. The molecule has 0 spiro atoms. The number of anilines is 3. The monoisotopic (exact) mass is 627 g/mol. The standard InChI is InChI=1S/C46H29NO2/c1-2-13-30(14-3-1)34-18-6-8-23-40(34)47(41-24-12-26-43-44(41)39-28-27-31-15-4-5-19-35(31)46(39)49-43)33-17-10-16-32(29-33)36-21-11-22-38-37-20-7-9-25-42(37)48-45(36)38/h1-29H. The summed E-state index contributed by atoms with van der Waals surface area (Å²) in [6.07, 6.45) is 0. The molecule has 2 aromatic heterocycles. The predicted octanol–water partition coefficient (Wildman–Crippen LogP) is 13.4. The minimum Gasteiger partial charge on any atom is -0.455 e. The van der Waals surface area contributed by atoms with Gasteiger partial charge in [-0.15, -0.1) is 0 Å². The van der Waals surface area contributed by atoms with Crippen LogP contribution in [0.5, 0.6) is 0 Å². The Kier molecular flexibility index (Phi) is 6.18. The van der Waals surface area contributed by atoms with Crippen LogP contribution in [0.3, 0.4) is 0 Å². The molecule has 49 heavy (non-hydrogen) atoms. The highest BCUT2D eigenvalue weighted by atomic mass is 16.3. The van der Waals surface area contributed by atoms with Gasteiger partial charge < -0.3 is 13.7 Å². The normalized spacial score (nSPS) is 11.7. The van der Waals surface area contributed by atoms with Crippen LogP contribution in [0, 0.1) is 0 Å². The highest BCUT2D eigenvalue weighted by molar-refractivity contribution is 6.20. The van der Waals surface area contributed by atoms with E-state index in [2.05, 4.69) is 169 Å². The van der Waals surface area contributed by atoms with Gasteiger partial charge >= 0.3 is 0 Å². The molecular weight excluding hydrogens is 599 g/mol. The number of para-hydroxylation sites is 3. The molecule has 0 saturated carbocycles. The van der Waals surface area contributed by atoms with Gasteiger partial charge in [0.05, 0.1) is 16.8 Å². The quantitative estimate of drug-likeness (QED) is 0.190. The fourth-order valence-corrected chi connectivity index (χ4v) is 7.45. The maximum absolute atomic E-state index is 6.67. The zero-order chi connectivity index (χ0) is 32.3. The molecule has 0 N–H and O–H groups in total. The molecule has 0 saturated heterocycles. The SMILES string of the molecule is c1ccc(-c2ccccc2N(c2cccc(-c3cccc4c3oc3ccccc34)c2)c2cccc3oc4c5ccccc5ccc4c23)cc1. The highest BCUT2D eigenvalue weighted by Gasteiger charge is 2.23. The third-order valence-electron chi connectivity index (χ3n) is 9.66. The van der Waals surface area contributed by atoms with Gasteiger partial charge in [-0.2, -0.15) is 0 Å². The Hall–Kier alpha value is -6.58. The first-order valence-electron chi connectivity index (χ1n) is 16.6. The largest absolute Gasteiger partial charge is 0.455 e. The van der Waals surface area contributed by atoms with Crippen molar-refractivity contribution in [2.24, 2.45) is 0 Å². The molecule has 10 rings (SSSR count). The average Bonchev–Trinajstić information content (AvgIpc) is 3.75. The molecule has 0 atom stereocenters. The molecule has 0 radical (unpaired) electrons. The third kappa shape index (κ3) is 4.37. The van der Waals surface area contributed by atoms with E-state index in [0.717, 1.165) is 94.0 Å². The molecule has 230 valence electrons. The summed E-state index contributed by atoms with van der Waals surface area (Å²) in [5.41, 5.74) is 11.2. The summed E-state index contributed by atoms with van der Waals surface area (Å²) in [6.45, 7) is 0. The predicted molar refractivity (Wildman–Crippen MR) is 204 cm³/mol. The van der Waals surface area contributed by atoms with Crippen LogP contribution in [0.2, 0.25) is 0 Å². The van der Waals surface area contributed by atoms with Crippen molar-refractivity contribution in [2.45, 2.75) is 0 Å². The summed E-state index contributed by atoms with van der Waals surface area (Å²) < 4.78 is 13.2. The molecule has 0 amide bonds. The van der Waals surface area contributed by atoms with Crippen LogP contribution in [-0.4, -0.2) is 0 Å². The first kappa shape index (κ1) is 27.5. The Morgan fingerprint density at radius 2 is 1.02 bits per heavy atom. The van der Waals surface area contributed by atoms with Gasteiger partial charge in [-0.05, 0) is 59.0 Å². The van der Waals surface area contributed by atoms with Gasteiger partial charge in [0, 0.05) is 38.4 Å². The lowest BCUT2D eigenvalue weighted by atomic mass is 9.99. The van der Waals surface area contributed by atoms with E-state index >= 15 is 0 Å². The van der Waals surface area contributed by atoms with E-state index in [1.54, 1.807) is 0 Å². The number of hydrogen-bond acceptors (Lipinski definition) is 3. The maximum atomic E-state index is 6.67. The Morgan fingerprint density at radius 3 is 1.96 bits per heavy atom. The minimum atomic E-state index is 0.856. The van der Waals surface area contributed by atoms with Gasteiger partial charge in [-0.25, -0.2) is 0 Å².